The van der Waals surface area contributed by atoms with Gasteiger partial charge in [0.1, 0.15) is 5.82 Å². The number of amides is 1. The van der Waals surface area contributed by atoms with Gasteiger partial charge in [-0.25, -0.2) is 14.6 Å². The maximum absolute atomic E-state index is 12.0. The predicted octanol–water partition coefficient (Wildman–Crippen LogP) is 8.82. The molecule has 4 aromatic carbocycles. The fourth-order valence-electron chi connectivity index (χ4n) is 4.64. The molecule has 0 unspecified atom stereocenters. The Labute approximate surface area is 259 Å². The van der Waals surface area contributed by atoms with Gasteiger partial charge in [0.05, 0.1) is 22.4 Å². The smallest absolute Gasteiger partial charge is 0.411 e. The van der Waals surface area contributed by atoms with Gasteiger partial charge in [0.2, 0.25) is 0 Å². The first-order chi connectivity index (χ1) is 20.6. The Morgan fingerprint density at radius 3 is 2.30 bits per heavy atom. The first-order valence-electron chi connectivity index (χ1n) is 13.7. The summed E-state index contributed by atoms with van der Waals surface area (Å²) in [6.07, 6.45) is 1.81. The van der Waals surface area contributed by atoms with Crippen LogP contribution >= 0.6 is 23.2 Å². The third-order valence-electron chi connectivity index (χ3n) is 6.72. The van der Waals surface area contributed by atoms with Crippen molar-refractivity contribution >= 4 is 41.0 Å². The van der Waals surface area contributed by atoms with E-state index < -0.39 is 12.1 Å². The summed E-state index contributed by atoms with van der Waals surface area (Å²) < 4.78 is 7.23. The number of carbonyl (C=O) groups excluding carboxylic acids is 1. The molecule has 218 valence electrons. The second-order valence-electron chi connectivity index (χ2n) is 10.3. The van der Waals surface area contributed by atoms with Crippen molar-refractivity contribution in [2.24, 2.45) is 0 Å². The lowest BCUT2D eigenvalue weighted by atomic mass is 10.0. The van der Waals surface area contributed by atoms with E-state index in [0.717, 1.165) is 39.3 Å². The van der Waals surface area contributed by atoms with E-state index in [9.17, 15) is 14.7 Å². The summed E-state index contributed by atoms with van der Waals surface area (Å²) in [7, 11) is 0. The van der Waals surface area contributed by atoms with Gasteiger partial charge in [-0.3, -0.25) is 5.32 Å². The molecule has 1 aromatic heterocycles. The Morgan fingerprint density at radius 2 is 1.63 bits per heavy atom. The molecule has 0 saturated carbocycles. The van der Waals surface area contributed by atoms with Gasteiger partial charge in [0.25, 0.3) is 0 Å². The Hall–Kier alpha value is -4.59. The van der Waals surface area contributed by atoms with E-state index in [1.54, 1.807) is 38.1 Å². The van der Waals surface area contributed by atoms with Crippen LogP contribution in [0, 0.1) is 0 Å². The molecule has 9 heteroatoms. The molecule has 2 N–H and O–H groups in total. The molecule has 0 fully saturated rings. The van der Waals surface area contributed by atoms with Crippen LogP contribution in [0.3, 0.4) is 0 Å². The molecule has 0 spiro atoms. The van der Waals surface area contributed by atoms with Gasteiger partial charge >= 0.3 is 12.1 Å². The molecule has 1 amide bonds. The molecular weight excluding hydrogens is 585 g/mol. The van der Waals surface area contributed by atoms with Gasteiger partial charge in [-0.2, -0.15) is 0 Å². The van der Waals surface area contributed by atoms with Crippen molar-refractivity contribution in [3.05, 3.63) is 130 Å². The quantitative estimate of drug-likeness (QED) is 0.173. The van der Waals surface area contributed by atoms with Crippen LogP contribution in [-0.4, -0.2) is 32.8 Å². The number of carboxylic acid groups (broad SMARTS) is 1. The summed E-state index contributed by atoms with van der Waals surface area (Å²) in [5.41, 5.74) is 6.34. The maximum atomic E-state index is 12.0. The van der Waals surface area contributed by atoms with Crippen molar-refractivity contribution in [2.45, 2.75) is 32.9 Å². The van der Waals surface area contributed by atoms with Crippen LogP contribution < -0.4 is 5.32 Å². The number of hydrogen-bond acceptors (Lipinski definition) is 4. The molecule has 7 nitrogen and oxygen atoms in total. The standard InChI is InChI=1S/C34H29Cl2N3O4/c1-21(2)43-34(42)37-28-5-3-4-26(17-28)24-10-6-22(7-11-24)16-32-38-31(29-15-14-27(35)18-30(29)36)20-39(32)19-23-8-12-25(13-9-23)33(40)41/h3-15,17-18,20-21H,16,19H2,1-2H3,(H,37,42)(H,40,41). The molecule has 0 saturated heterocycles. The number of halogens is 2. The highest BCUT2D eigenvalue weighted by Gasteiger charge is 2.15. The Kier molecular flexibility index (Phi) is 9.14. The largest absolute Gasteiger partial charge is 0.478 e. The lowest BCUT2D eigenvalue weighted by molar-refractivity contribution is 0.0696. The fraction of sp³-hybridized carbons (Fsp3) is 0.147. The number of rotatable bonds is 9. The van der Waals surface area contributed by atoms with Crippen molar-refractivity contribution in [3.63, 3.8) is 0 Å². The van der Waals surface area contributed by atoms with Gasteiger partial charge in [-0.15, -0.1) is 0 Å². The number of imidazole rings is 1. The Balaban J connectivity index is 1.40. The average molecular weight is 615 g/mol. The van der Waals surface area contributed by atoms with Crippen molar-refractivity contribution in [3.8, 4) is 22.4 Å². The first kappa shape index (κ1) is 29.9. The lowest BCUT2D eigenvalue weighted by Crippen LogP contribution is -2.17. The molecule has 1 heterocycles. The normalized spacial score (nSPS) is 11.0. The van der Waals surface area contributed by atoms with Crippen LogP contribution in [-0.2, 0) is 17.7 Å². The molecular formula is C34H29Cl2N3O4. The zero-order valence-electron chi connectivity index (χ0n) is 23.6. The van der Waals surface area contributed by atoms with Crippen molar-refractivity contribution < 1.29 is 19.4 Å². The molecule has 0 atom stereocenters. The van der Waals surface area contributed by atoms with Crippen LogP contribution in [0.15, 0.2) is 97.2 Å². The van der Waals surface area contributed by atoms with Crippen molar-refractivity contribution in [1.82, 2.24) is 9.55 Å². The monoisotopic (exact) mass is 613 g/mol. The summed E-state index contributed by atoms with van der Waals surface area (Å²) in [6.45, 7) is 4.11. The van der Waals surface area contributed by atoms with E-state index in [4.69, 9.17) is 32.9 Å². The number of carboxylic acids is 1. The molecule has 0 radical (unpaired) electrons. The first-order valence-corrected chi connectivity index (χ1v) is 14.4. The zero-order valence-corrected chi connectivity index (χ0v) is 25.1. The topological polar surface area (TPSA) is 93.5 Å². The number of anilines is 1. The van der Waals surface area contributed by atoms with Gasteiger partial charge in [0.15, 0.2) is 0 Å². The summed E-state index contributed by atoms with van der Waals surface area (Å²) in [4.78, 5) is 28.3. The predicted molar refractivity (Wildman–Crippen MR) is 170 cm³/mol. The highest BCUT2D eigenvalue weighted by atomic mass is 35.5. The molecule has 0 bridgehead atoms. The summed E-state index contributed by atoms with van der Waals surface area (Å²) in [6, 6.07) is 27.9. The fourth-order valence-corrected chi connectivity index (χ4v) is 5.15. The van der Waals surface area contributed by atoms with E-state index in [1.807, 2.05) is 60.8 Å². The number of hydrogen-bond donors (Lipinski definition) is 2. The van der Waals surface area contributed by atoms with Crippen LogP contribution in [0.4, 0.5) is 10.5 Å². The van der Waals surface area contributed by atoms with Crippen LogP contribution in [0.1, 0.15) is 41.2 Å². The molecule has 5 aromatic rings. The van der Waals surface area contributed by atoms with E-state index in [0.29, 0.717) is 28.7 Å². The maximum Gasteiger partial charge on any atom is 0.411 e. The summed E-state index contributed by atoms with van der Waals surface area (Å²) in [5, 5.41) is 13.1. The van der Waals surface area contributed by atoms with Gasteiger partial charge in [0, 0.05) is 35.4 Å². The zero-order chi connectivity index (χ0) is 30.5. The van der Waals surface area contributed by atoms with Crippen LogP contribution in [0.25, 0.3) is 22.4 Å². The number of aromatic nitrogens is 2. The second kappa shape index (κ2) is 13.2. The highest BCUT2D eigenvalue weighted by Crippen LogP contribution is 2.31. The third kappa shape index (κ3) is 7.63. The number of nitrogens with zero attached hydrogens (tertiary/aromatic N) is 2. The Morgan fingerprint density at radius 1 is 0.907 bits per heavy atom. The Bertz CT molecular complexity index is 1760. The van der Waals surface area contributed by atoms with Gasteiger partial charge in [-0.05, 0) is 78.6 Å². The molecule has 0 aliphatic heterocycles. The number of carbonyl (C=O) groups is 2. The van der Waals surface area contributed by atoms with E-state index in [1.165, 1.54) is 0 Å². The third-order valence-corrected chi connectivity index (χ3v) is 7.27. The van der Waals surface area contributed by atoms with Crippen LogP contribution in [0.5, 0.6) is 0 Å². The summed E-state index contributed by atoms with van der Waals surface area (Å²) in [5.74, 6) is -0.138. The SMILES string of the molecule is CC(C)OC(=O)Nc1cccc(-c2ccc(Cc3nc(-c4ccc(Cl)cc4Cl)cn3Cc3ccc(C(=O)O)cc3)cc2)c1. The van der Waals surface area contributed by atoms with Crippen LogP contribution in [0.2, 0.25) is 10.0 Å². The minimum absolute atomic E-state index is 0.205. The van der Waals surface area contributed by atoms with Crippen molar-refractivity contribution in [1.29, 1.82) is 0 Å². The summed E-state index contributed by atoms with van der Waals surface area (Å²) >= 11 is 12.6. The minimum atomic E-state index is -0.963. The average Bonchev–Trinajstić information content (AvgIpc) is 3.34. The number of benzene rings is 4. The molecule has 43 heavy (non-hydrogen) atoms. The number of aromatic carboxylic acids is 1. The van der Waals surface area contributed by atoms with Gasteiger partial charge < -0.3 is 14.4 Å². The number of ether oxygens (including phenoxy) is 1. The second-order valence-corrected chi connectivity index (χ2v) is 11.2. The molecule has 0 aliphatic carbocycles. The van der Waals surface area contributed by atoms with E-state index in [2.05, 4.69) is 22.0 Å². The number of nitrogens with one attached hydrogen (secondary N) is 1. The van der Waals surface area contributed by atoms with E-state index >= 15 is 0 Å². The highest BCUT2D eigenvalue weighted by molar-refractivity contribution is 6.36. The molecule has 0 aliphatic rings. The van der Waals surface area contributed by atoms with E-state index in [-0.39, 0.29) is 11.7 Å². The minimum Gasteiger partial charge on any atom is -0.478 e. The van der Waals surface area contributed by atoms with Gasteiger partial charge in [-0.1, -0.05) is 71.7 Å². The molecule has 5 rings (SSSR count). The lowest BCUT2D eigenvalue weighted by Gasteiger charge is -2.11. The van der Waals surface area contributed by atoms with Crippen molar-refractivity contribution in [2.75, 3.05) is 5.32 Å².